The predicted octanol–water partition coefficient (Wildman–Crippen LogP) is 4.11. The van der Waals surface area contributed by atoms with Crippen molar-refractivity contribution in [2.75, 3.05) is 39.8 Å². The number of benzene rings is 1. The Morgan fingerprint density at radius 2 is 1.97 bits per heavy atom. The van der Waals surface area contributed by atoms with Crippen LogP contribution in [-0.4, -0.2) is 77.1 Å². The SMILES string of the molecule is C=NN=C.C[C@@]1(NC(=O)COc2ccc(Cl)c(C(F)F)c2)CCC(COCOCCOC(F)(F)F)NC1. The highest BCUT2D eigenvalue weighted by Gasteiger charge is 2.32. The molecule has 2 N–H and O–H groups in total. The Bertz CT molecular complexity index is 849. The van der Waals surface area contributed by atoms with Gasteiger partial charge in [-0.15, -0.1) is 13.2 Å². The Balaban J connectivity index is 0.00000159. The zero-order valence-electron chi connectivity index (χ0n) is 20.2. The number of hydrogen-bond donors (Lipinski definition) is 2. The van der Waals surface area contributed by atoms with Gasteiger partial charge in [-0.3, -0.25) is 9.53 Å². The van der Waals surface area contributed by atoms with Crippen LogP contribution in [0.1, 0.15) is 31.8 Å². The number of amides is 1. The van der Waals surface area contributed by atoms with Crippen molar-refractivity contribution in [1.82, 2.24) is 10.6 Å². The molecule has 0 bridgehead atoms. The van der Waals surface area contributed by atoms with Crippen LogP contribution >= 0.6 is 11.6 Å². The van der Waals surface area contributed by atoms with Crippen molar-refractivity contribution in [3.8, 4) is 5.75 Å². The maximum atomic E-state index is 12.9. The number of hydrogen-bond acceptors (Lipinski definition) is 8. The predicted molar refractivity (Wildman–Crippen MR) is 127 cm³/mol. The second-order valence-corrected chi connectivity index (χ2v) is 8.38. The first kappa shape index (κ1) is 32.6. The van der Waals surface area contributed by atoms with Gasteiger partial charge >= 0.3 is 6.36 Å². The van der Waals surface area contributed by atoms with Crippen molar-refractivity contribution in [3.63, 3.8) is 0 Å². The van der Waals surface area contributed by atoms with Crippen molar-refractivity contribution in [3.05, 3.63) is 28.8 Å². The molecule has 1 unspecified atom stereocenters. The molecule has 0 radical (unpaired) electrons. The lowest BCUT2D eigenvalue weighted by Gasteiger charge is -2.38. The Kier molecular flexibility index (Phi) is 14.5. The van der Waals surface area contributed by atoms with E-state index < -0.39 is 30.8 Å². The molecular formula is C22H30ClF5N4O5. The summed E-state index contributed by atoms with van der Waals surface area (Å²) in [5, 5.41) is 12.0. The lowest BCUT2D eigenvalue weighted by molar-refractivity contribution is -0.328. The largest absolute Gasteiger partial charge is 0.522 e. The third-order valence-electron chi connectivity index (χ3n) is 4.92. The average molecular weight is 561 g/mol. The summed E-state index contributed by atoms with van der Waals surface area (Å²) in [7, 11) is 0. The normalized spacial score (nSPS) is 19.5. The molecule has 1 amide bonds. The van der Waals surface area contributed by atoms with E-state index >= 15 is 0 Å². The molecule has 0 aliphatic carbocycles. The van der Waals surface area contributed by atoms with Gasteiger partial charge in [-0.1, -0.05) is 11.6 Å². The highest BCUT2D eigenvalue weighted by molar-refractivity contribution is 6.31. The van der Waals surface area contributed by atoms with Crippen molar-refractivity contribution < 1.29 is 45.7 Å². The van der Waals surface area contributed by atoms with Crippen molar-refractivity contribution >= 4 is 30.9 Å². The Morgan fingerprint density at radius 3 is 2.54 bits per heavy atom. The number of piperidine rings is 1. The summed E-state index contributed by atoms with van der Waals surface area (Å²) in [4.78, 5) is 12.3. The minimum absolute atomic E-state index is 0.0110. The first-order valence-electron chi connectivity index (χ1n) is 10.9. The molecule has 37 heavy (non-hydrogen) atoms. The van der Waals surface area contributed by atoms with Gasteiger partial charge in [0.05, 0.1) is 19.8 Å². The lowest BCUT2D eigenvalue weighted by atomic mass is 9.89. The van der Waals surface area contributed by atoms with Crippen LogP contribution in [0.5, 0.6) is 5.75 Å². The number of halogens is 6. The average Bonchev–Trinajstić information content (AvgIpc) is 2.83. The van der Waals surface area contributed by atoms with Crippen LogP contribution in [0.25, 0.3) is 0 Å². The zero-order chi connectivity index (χ0) is 27.9. The van der Waals surface area contributed by atoms with E-state index in [-0.39, 0.29) is 49.0 Å². The summed E-state index contributed by atoms with van der Waals surface area (Å²) < 4.78 is 80.3. The number of alkyl halides is 5. The van der Waals surface area contributed by atoms with Crippen LogP contribution in [0, 0.1) is 0 Å². The van der Waals surface area contributed by atoms with Crippen LogP contribution in [-0.2, 0) is 19.0 Å². The second kappa shape index (κ2) is 16.5. The summed E-state index contributed by atoms with van der Waals surface area (Å²) in [6.07, 6.45) is -6.13. The minimum atomic E-state index is -4.68. The molecule has 0 spiro atoms. The number of nitrogens with zero attached hydrogens (tertiary/aromatic N) is 2. The third-order valence-corrected chi connectivity index (χ3v) is 5.26. The van der Waals surface area contributed by atoms with Gasteiger partial charge < -0.3 is 24.8 Å². The molecule has 210 valence electrons. The quantitative estimate of drug-likeness (QED) is 0.124. The molecule has 1 aliphatic heterocycles. The van der Waals surface area contributed by atoms with E-state index in [9.17, 15) is 26.7 Å². The highest BCUT2D eigenvalue weighted by Crippen LogP contribution is 2.30. The molecule has 2 atom stereocenters. The van der Waals surface area contributed by atoms with Gasteiger partial charge in [0.2, 0.25) is 0 Å². The second-order valence-electron chi connectivity index (χ2n) is 7.97. The van der Waals surface area contributed by atoms with Crippen LogP contribution < -0.4 is 15.4 Å². The smallest absolute Gasteiger partial charge is 0.484 e. The molecule has 1 fully saturated rings. The van der Waals surface area contributed by atoms with E-state index in [1.54, 1.807) is 0 Å². The summed E-state index contributed by atoms with van der Waals surface area (Å²) in [5.74, 6) is -0.293. The number of rotatable bonds is 13. The first-order chi connectivity index (χ1) is 17.4. The van der Waals surface area contributed by atoms with Gasteiger partial charge in [0.1, 0.15) is 12.5 Å². The summed E-state index contributed by atoms with van der Waals surface area (Å²) in [5.41, 5.74) is -0.914. The first-order valence-corrected chi connectivity index (χ1v) is 11.3. The van der Waals surface area contributed by atoms with E-state index in [2.05, 4.69) is 39.0 Å². The molecule has 1 aromatic carbocycles. The molecule has 2 rings (SSSR count). The van der Waals surface area contributed by atoms with Crippen LogP contribution in [0.3, 0.4) is 0 Å². The fourth-order valence-electron chi connectivity index (χ4n) is 3.13. The van der Waals surface area contributed by atoms with Crippen molar-refractivity contribution in [2.24, 2.45) is 10.2 Å². The zero-order valence-corrected chi connectivity index (χ0v) is 20.9. The maximum Gasteiger partial charge on any atom is 0.522 e. The number of carbonyl (C=O) groups is 1. The standard InChI is InChI=1S/C20H26ClF5N2O5.C2H4N2/c1-19(28-17(29)10-32-14-2-3-16(21)15(8-14)18(22)23)5-4-13(27-11-19)9-31-12-30-6-7-33-20(24,25)26;1-3-4-2/h2-3,8,13,18,27H,4-7,9-12H2,1H3,(H,28,29);1-2H2/t13?,19-;/m1./s1. The van der Waals surface area contributed by atoms with Gasteiger partial charge in [0.25, 0.3) is 12.3 Å². The summed E-state index contributed by atoms with van der Waals surface area (Å²) in [6, 6.07) is 3.78. The van der Waals surface area contributed by atoms with E-state index in [4.69, 9.17) is 25.8 Å². The van der Waals surface area contributed by atoms with Crippen LogP contribution in [0.2, 0.25) is 5.02 Å². The topological polar surface area (TPSA) is 103 Å². The van der Waals surface area contributed by atoms with Gasteiger partial charge in [0, 0.05) is 42.1 Å². The van der Waals surface area contributed by atoms with E-state index in [1.807, 2.05) is 6.92 Å². The molecule has 0 aromatic heterocycles. The molecule has 1 aliphatic rings. The molecule has 15 heteroatoms. The van der Waals surface area contributed by atoms with E-state index in [1.165, 1.54) is 12.1 Å². The van der Waals surface area contributed by atoms with Gasteiger partial charge in [-0.2, -0.15) is 10.2 Å². The van der Waals surface area contributed by atoms with Crippen LogP contribution in [0.15, 0.2) is 28.4 Å². The molecule has 1 aromatic rings. The van der Waals surface area contributed by atoms with E-state index in [0.717, 1.165) is 6.07 Å². The van der Waals surface area contributed by atoms with E-state index in [0.29, 0.717) is 19.4 Å². The third kappa shape index (κ3) is 14.2. The summed E-state index contributed by atoms with van der Waals surface area (Å²) in [6.45, 7) is 7.23. The molecule has 1 saturated heterocycles. The lowest BCUT2D eigenvalue weighted by Crippen LogP contribution is -2.59. The Morgan fingerprint density at radius 1 is 1.27 bits per heavy atom. The monoisotopic (exact) mass is 560 g/mol. The summed E-state index contributed by atoms with van der Waals surface area (Å²) >= 11 is 5.71. The fraction of sp³-hybridized carbons (Fsp3) is 0.591. The highest BCUT2D eigenvalue weighted by atomic mass is 35.5. The fourth-order valence-corrected chi connectivity index (χ4v) is 3.33. The number of ether oxygens (including phenoxy) is 4. The van der Waals surface area contributed by atoms with Crippen molar-refractivity contribution in [1.29, 1.82) is 0 Å². The van der Waals surface area contributed by atoms with Gasteiger partial charge in [-0.05, 0) is 38.0 Å². The molecule has 0 saturated carbocycles. The minimum Gasteiger partial charge on any atom is -0.484 e. The van der Waals surface area contributed by atoms with Gasteiger partial charge in [0.15, 0.2) is 6.61 Å². The Labute approximate surface area is 216 Å². The van der Waals surface area contributed by atoms with Crippen LogP contribution in [0.4, 0.5) is 22.0 Å². The molecule has 1 heterocycles. The number of carbonyl (C=O) groups excluding carboxylic acids is 1. The van der Waals surface area contributed by atoms with Gasteiger partial charge in [-0.25, -0.2) is 8.78 Å². The van der Waals surface area contributed by atoms with Crippen molar-refractivity contribution in [2.45, 2.75) is 44.1 Å². The maximum absolute atomic E-state index is 12.9. The number of nitrogens with one attached hydrogen (secondary N) is 2. The molecular weight excluding hydrogens is 531 g/mol. The molecule has 9 nitrogen and oxygen atoms in total. The Hall–Kier alpha value is -2.39.